The van der Waals surface area contributed by atoms with Crippen LogP contribution in [0.3, 0.4) is 0 Å². The summed E-state index contributed by atoms with van der Waals surface area (Å²) in [4.78, 5) is 2.99. The van der Waals surface area contributed by atoms with Crippen LogP contribution in [0.4, 0.5) is 0 Å². The molecule has 1 N–H and O–H groups in total. The Kier molecular flexibility index (Phi) is 1.06. The third-order valence-electron chi connectivity index (χ3n) is 2.20. The van der Waals surface area contributed by atoms with E-state index in [1.165, 1.54) is 12.8 Å². The molecule has 3 heteroatoms. The average molecular weight is 154 g/mol. The van der Waals surface area contributed by atoms with Crippen LogP contribution in [0.1, 0.15) is 19.8 Å². The van der Waals surface area contributed by atoms with E-state index in [9.17, 15) is 0 Å². The van der Waals surface area contributed by atoms with Crippen LogP contribution in [-0.2, 0) is 5.54 Å². The molecular weight excluding hydrogens is 144 g/mol. The van der Waals surface area contributed by atoms with Crippen molar-refractivity contribution in [2.24, 2.45) is 0 Å². The van der Waals surface area contributed by atoms with E-state index in [1.807, 2.05) is 12.4 Å². The monoisotopic (exact) mass is 154 g/mol. The van der Waals surface area contributed by atoms with Crippen molar-refractivity contribution >= 4 is 12.2 Å². The molecule has 2 rings (SSSR count). The first-order valence-electron chi connectivity index (χ1n) is 3.49. The summed E-state index contributed by atoms with van der Waals surface area (Å²) >= 11 is 5.08. The molecule has 0 aliphatic heterocycles. The molecule has 1 aromatic rings. The number of aromatic nitrogens is 2. The summed E-state index contributed by atoms with van der Waals surface area (Å²) in [7, 11) is 0. The molecule has 1 aliphatic rings. The van der Waals surface area contributed by atoms with Gasteiger partial charge in [-0.25, -0.2) is 0 Å². The molecule has 0 amide bonds. The number of imidazole rings is 1. The summed E-state index contributed by atoms with van der Waals surface area (Å²) in [5, 5.41) is 0. The topological polar surface area (TPSA) is 20.7 Å². The van der Waals surface area contributed by atoms with Crippen LogP contribution in [-0.4, -0.2) is 9.55 Å². The van der Waals surface area contributed by atoms with Crippen molar-refractivity contribution in [3.8, 4) is 0 Å². The minimum Gasteiger partial charge on any atom is -0.337 e. The highest BCUT2D eigenvalue weighted by molar-refractivity contribution is 7.71. The number of rotatable bonds is 1. The smallest absolute Gasteiger partial charge is 0.177 e. The Morgan fingerprint density at radius 3 is 2.80 bits per heavy atom. The SMILES string of the molecule is CC1(n2cc[nH]c2=S)CC1. The molecule has 0 aromatic carbocycles. The van der Waals surface area contributed by atoms with Gasteiger partial charge in [0.15, 0.2) is 4.77 Å². The largest absolute Gasteiger partial charge is 0.337 e. The van der Waals surface area contributed by atoms with Crippen LogP contribution in [0.15, 0.2) is 12.4 Å². The average Bonchev–Trinajstić information content (AvgIpc) is 2.44. The van der Waals surface area contributed by atoms with Crippen molar-refractivity contribution in [3.05, 3.63) is 17.2 Å². The second kappa shape index (κ2) is 1.72. The van der Waals surface area contributed by atoms with Gasteiger partial charge in [-0.15, -0.1) is 0 Å². The Bertz CT molecular complexity index is 293. The van der Waals surface area contributed by atoms with Crippen LogP contribution < -0.4 is 0 Å². The predicted octanol–water partition coefficient (Wildman–Crippen LogP) is 2.05. The summed E-state index contributed by atoms with van der Waals surface area (Å²) in [6.07, 6.45) is 6.44. The summed E-state index contributed by atoms with van der Waals surface area (Å²) in [5.74, 6) is 0. The van der Waals surface area contributed by atoms with E-state index >= 15 is 0 Å². The Morgan fingerprint density at radius 1 is 1.70 bits per heavy atom. The highest BCUT2D eigenvalue weighted by Gasteiger charge is 2.39. The second-order valence-electron chi connectivity index (χ2n) is 3.13. The molecular formula is C7H10N2S. The summed E-state index contributed by atoms with van der Waals surface area (Å²) in [6.45, 7) is 2.23. The molecule has 0 atom stereocenters. The number of hydrogen-bond donors (Lipinski definition) is 1. The summed E-state index contributed by atoms with van der Waals surface area (Å²) in [5.41, 5.74) is 0.344. The van der Waals surface area contributed by atoms with E-state index in [2.05, 4.69) is 16.5 Å². The van der Waals surface area contributed by atoms with Gasteiger partial charge in [0.1, 0.15) is 0 Å². The van der Waals surface area contributed by atoms with Crippen molar-refractivity contribution in [3.63, 3.8) is 0 Å². The quantitative estimate of drug-likeness (QED) is 0.614. The maximum Gasteiger partial charge on any atom is 0.177 e. The zero-order valence-corrected chi connectivity index (χ0v) is 6.74. The van der Waals surface area contributed by atoms with E-state index in [-0.39, 0.29) is 0 Å². The first kappa shape index (κ1) is 6.16. The van der Waals surface area contributed by atoms with Crippen LogP contribution in [0, 0.1) is 4.77 Å². The Hall–Kier alpha value is -0.570. The van der Waals surface area contributed by atoms with E-state index in [0.29, 0.717) is 5.54 Å². The van der Waals surface area contributed by atoms with Gasteiger partial charge in [0.05, 0.1) is 0 Å². The molecule has 54 valence electrons. The molecule has 0 bridgehead atoms. The van der Waals surface area contributed by atoms with Gasteiger partial charge < -0.3 is 9.55 Å². The van der Waals surface area contributed by atoms with Gasteiger partial charge >= 0.3 is 0 Å². The van der Waals surface area contributed by atoms with Gasteiger partial charge in [-0.2, -0.15) is 0 Å². The third-order valence-corrected chi connectivity index (χ3v) is 2.52. The van der Waals surface area contributed by atoms with Crippen molar-refractivity contribution in [1.29, 1.82) is 0 Å². The highest BCUT2D eigenvalue weighted by atomic mass is 32.1. The molecule has 1 heterocycles. The minimum absolute atomic E-state index is 0.344. The van der Waals surface area contributed by atoms with Gasteiger partial charge in [0.25, 0.3) is 0 Å². The van der Waals surface area contributed by atoms with Crippen molar-refractivity contribution < 1.29 is 0 Å². The Balaban J connectivity index is 2.51. The molecule has 2 nitrogen and oxygen atoms in total. The first-order valence-corrected chi connectivity index (χ1v) is 3.90. The number of aromatic amines is 1. The first-order chi connectivity index (χ1) is 4.72. The fourth-order valence-electron chi connectivity index (χ4n) is 1.17. The zero-order chi connectivity index (χ0) is 7.19. The van der Waals surface area contributed by atoms with E-state index in [0.717, 1.165) is 4.77 Å². The fraction of sp³-hybridized carbons (Fsp3) is 0.571. The summed E-state index contributed by atoms with van der Waals surface area (Å²) < 4.78 is 2.99. The van der Waals surface area contributed by atoms with E-state index in [4.69, 9.17) is 12.2 Å². The number of nitrogens with zero attached hydrogens (tertiary/aromatic N) is 1. The zero-order valence-electron chi connectivity index (χ0n) is 5.92. The van der Waals surface area contributed by atoms with Gasteiger partial charge in [-0.3, -0.25) is 0 Å². The standard InChI is InChI=1S/C7H10N2S/c1-7(2-3-7)9-5-4-8-6(9)10/h4-5H,2-3H2,1H3,(H,8,10). The van der Waals surface area contributed by atoms with Crippen molar-refractivity contribution in [2.75, 3.05) is 0 Å². The third kappa shape index (κ3) is 0.736. The maximum atomic E-state index is 5.08. The molecule has 10 heavy (non-hydrogen) atoms. The molecule has 1 saturated carbocycles. The van der Waals surface area contributed by atoms with Crippen molar-refractivity contribution in [2.45, 2.75) is 25.3 Å². The lowest BCUT2D eigenvalue weighted by atomic mass is 10.3. The Labute approximate surface area is 64.9 Å². The molecule has 1 aromatic heterocycles. The van der Waals surface area contributed by atoms with Crippen molar-refractivity contribution in [1.82, 2.24) is 9.55 Å². The van der Waals surface area contributed by atoms with E-state index < -0.39 is 0 Å². The highest BCUT2D eigenvalue weighted by Crippen LogP contribution is 2.42. The molecule has 1 aliphatic carbocycles. The number of H-pyrrole nitrogens is 1. The molecule has 1 fully saturated rings. The van der Waals surface area contributed by atoms with Crippen LogP contribution in [0.2, 0.25) is 0 Å². The predicted molar refractivity (Wildman–Crippen MR) is 42.5 cm³/mol. The molecule has 0 saturated heterocycles. The lowest BCUT2D eigenvalue weighted by Crippen LogP contribution is -2.10. The van der Waals surface area contributed by atoms with Crippen LogP contribution in [0.5, 0.6) is 0 Å². The molecule has 0 spiro atoms. The molecule has 0 unspecified atom stereocenters. The number of nitrogens with one attached hydrogen (secondary N) is 1. The Morgan fingerprint density at radius 2 is 2.40 bits per heavy atom. The van der Waals surface area contributed by atoms with Gasteiger partial charge in [0.2, 0.25) is 0 Å². The summed E-state index contributed by atoms with van der Waals surface area (Å²) in [6, 6.07) is 0. The normalized spacial score (nSPS) is 20.9. The number of hydrogen-bond acceptors (Lipinski definition) is 1. The van der Waals surface area contributed by atoms with Gasteiger partial charge in [-0.1, -0.05) is 0 Å². The van der Waals surface area contributed by atoms with Crippen LogP contribution in [0.25, 0.3) is 0 Å². The lowest BCUT2D eigenvalue weighted by Gasteiger charge is -2.08. The van der Waals surface area contributed by atoms with Crippen LogP contribution >= 0.6 is 12.2 Å². The fourth-order valence-corrected chi connectivity index (χ4v) is 1.52. The lowest BCUT2D eigenvalue weighted by molar-refractivity contribution is 0.525. The van der Waals surface area contributed by atoms with Gasteiger partial charge in [-0.05, 0) is 32.0 Å². The van der Waals surface area contributed by atoms with E-state index in [1.54, 1.807) is 0 Å². The minimum atomic E-state index is 0.344. The molecule has 0 radical (unpaired) electrons. The second-order valence-corrected chi connectivity index (χ2v) is 3.52. The van der Waals surface area contributed by atoms with Gasteiger partial charge in [0, 0.05) is 17.9 Å². The maximum absolute atomic E-state index is 5.08.